The minimum Gasteiger partial charge on any atom is -0.382 e. The maximum absolute atomic E-state index is 13.0. The number of thiazole rings is 1. The standard InChI is InChI=1S/C17H15FN6O3S2/c1-8-6-28-16(20-8)21-11(25)7-29-17-23-13(19)12(15(27)24-17)22-14(26)9-2-4-10(18)5-3-9/h2-6H,7H2,1H3,(H,22,26)(H,20,21,25)(H3,19,23,24,27). The molecule has 9 nitrogen and oxygen atoms in total. The zero-order valence-electron chi connectivity index (χ0n) is 15.0. The average Bonchev–Trinajstić information content (AvgIpc) is 3.08. The van der Waals surface area contributed by atoms with Crippen LogP contribution in [0.5, 0.6) is 0 Å². The van der Waals surface area contributed by atoms with Gasteiger partial charge in [-0.2, -0.15) is 0 Å². The van der Waals surface area contributed by atoms with E-state index in [1.807, 2.05) is 6.92 Å². The number of amides is 2. The zero-order chi connectivity index (χ0) is 21.0. The highest BCUT2D eigenvalue weighted by atomic mass is 32.2. The van der Waals surface area contributed by atoms with Crippen molar-refractivity contribution in [2.45, 2.75) is 12.1 Å². The molecule has 0 atom stereocenters. The van der Waals surface area contributed by atoms with E-state index in [-0.39, 0.29) is 33.9 Å². The lowest BCUT2D eigenvalue weighted by Gasteiger charge is -2.08. The number of aromatic amines is 1. The van der Waals surface area contributed by atoms with E-state index < -0.39 is 17.3 Å². The molecular formula is C17H15FN6O3S2. The number of hydrogen-bond acceptors (Lipinski definition) is 8. The van der Waals surface area contributed by atoms with Crippen LogP contribution in [-0.2, 0) is 4.79 Å². The molecule has 2 aromatic heterocycles. The number of aromatic nitrogens is 3. The fourth-order valence-corrected chi connectivity index (χ4v) is 3.52. The highest BCUT2D eigenvalue weighted by molar-refractivity contribution is 7.99. The highest BCUT2D eigenvalue weighted by Gasteiger charge is 2.15. The number of anilines is 3. The third kappa shape index (κ3) is 5.39. The van der Waals surface area contributed by atoms with Gasteiger partial charge < -0.3 is 16.4 Å². The van der Waals surface area contributed by atoms with Crippen molar-refractivity contribution in [3.05, 3.63) is 57.1 Å². The lowest BCUT2D eigenvalue weighted by molar-refractivity contribution is -0.113. The molecule has 5 N–H and O–H groups in total. The molecule has 3 aromatic rings. The number of carbonyl (C=O) groups excluding carboxylic acids is 2. The van der Waals surface area contributed by atoms with Crippen molar-refractivity contribution in [2.75, 3.05) is 22.1 Å². The molecule has 0 saturated heterocycles. The zero-order valence-corrected chi connectivity index (χ0v) is 16.6. The third-order valence-corrected chi connectivity index (χ3v) is 5.22. The van der Waals surface area contributed by atoms with Crippen LogP contribution in [0.2, 0.25) is 0 Å². The van der Waals surface area contributed by atoms with E-state index in [1.165, 1.54) is 23.5 Å². The van der Waals surface area contributed by atoms with E-state index >= 15 is 0 Å². The molecule has 0 saturated carbocycles. The van der Waals surface area contributed by atoms with E-state index in [1.54, 1.807) is 5.38 Å². The number of hydrogen-bond donors (Lipinski definition) is 4. The van der Waals surface area contributed by atoms with Gasteiger partial charge in [-0.15, -0.1) is 11.3 Å². The minimum absolute atomic E-state index is 0.0255. The Labute approximate surface area is 172 Å². The molecule has 29 heavy (non-hydrogen) atoms. The van der Waals surface area contributed by atoms with E-state index in [0.29, 0.717) is 5.13 Å². The smallest absolute Gasteiger partial charge is 0.277 e. The number of nitrogens with zero attached hydrogens (tertiary/aromatic N) is 2. The van der Waals surface area contributed by atoms with Crippen LogP contribution in [0.3, 0.4) is 0 Å². The lowest BCUT2D eigenvalue weighted by Crippen LogP contribution is -2.23. The summed E-state index contributed by atoms with van der Waals surface area (Å²) in [6, 6.07) is 4.79. The molecule has 0 spiro atoms. The molecule has 1 aromatic carbocycles. The first-order valence-corrected chi connectivity index (χ1v) is 10.00. The third-order valence-electron chi connectivity index (χ3n) is 3.48. The molecule has 3 rings (SSSR count). The van der Waals surface area contributed by atoms with E-state index in [9.17, 15) is 18.8 Å². The molecule has 150 valence electrons. The van der Waals surface area contributed by atoms with Crippen molar-refractivity contribution in [1.29, 1.82) is 0 Å². The van der Waals surface area contributed by atoms with Crippen LogP contribution in [-0.4, -0.2) is 32.5 Å². The van der Waals surface area contributed by atoms with E-state index in [4.69, 9.17) is 5.73 Å². The summed E-state index contributed by atoms with van der Waals surface area (Å²) in [7, 11) is 0. The summed E-state index contributed by atoms with van der Waals surface area (Å²) in [6.45, 7) is 1.81. The van der Waals surface area contributed by atoms with Gasteiger partial charge in [0.1, 0.15) is 11.5 Å². The van der Waals surface area contributed by atoms with Crippen LogP contribution in [0, 0.1) is 12.7 Å². The van der Waals surface area contributed by atoms with Crippen LogP contribution in [0.1, 0.15) is 16.1 Å². The Balaban J connectivity index is 1.64. The lowest BCUT2D eigenvalue weighted by atomic mass is 10.2. The SMILES string of the molecule is Cc1csc(NC(=O)CSc2nc(N)c(NC(=O)c3ccc(F)cc3)c(=O)[nH]2)n1. The first kappa shape index (κ1) is 20.5. The number of carbonyl (C=O) groups is 2. The van der Waals surface area contributed by atoms with Gasteiger partial charge >= 0.3 is 0 Å². The molecule has 0 bridgehead atoms. The van der Waals surface area contributed by atoms with Crippen molar-refractivity contribution in [2.24, 2.45) is 0 Å². The number of H-pyrrole nitrogens is 1. The molecule has 0 fully saturated rings. The number of halogens is 1. The number of nitrogen functional groups attached to an aromatic ring is 1. The Kier molecular flexibility index (Phi) is 6.24. The van der Waals surface area contributed by atoms with Crippen LogP contribution in [0.4, 0.5) is 21.0 Å². The van der Waals surface area contributed by atoms with E-state index in [0.717, 1.165) is 29.6 Å². The first-order chi connectivity index (χ1) is 13.8. The normalized spacial score (nSPS) is 10.6. The number of benzene rings is 1. The van der Waals surface area contributed by atoms with Gasteiger partial charge in [0.2, 0.25) is 5.91 Å². The molecule has 2 heterocycles. The van der Waals surface area contributed by atoms with Gasteiger partial charge in [0.05, 0.1) is 11.4 Å². The number of aryl methyl sites for hydroxylation is 1. The second-order valence-corrected chi connectivity index (χ2v) is 7.55. The van der Waals surface area contributed by atoms with Gasteiger partial charge in [0.15, 0.2) is 16.1 Å². The Morgan fingerprint density at radius 2 is 1.97 bits per heavy atom. The van der Waals surface area contributed by atoms with Crippen molar-refractivity contribution < 1.29 is 14.0 Å². The molecule has 2 amide bonds. The average molecular weight is 434 g/mol. The predicted octanol–water partition coefficient (Wildman–Crippen LogP) is 2.24. The number of nitrogens with one attached hydrogen (secondary N) is 3. The van der Waals surface area contributed by atoms with Crippen LogP contribution < -0.4 is 21.9 Å². The van der Waals surface area contributed by atoms with Crippen molar-refractivity contribution in [3.63, 3.8) is 0 Å². The first-order valence-electron chi connectivity index (χ1n) is 8.13. The quantitative estimate of drug-likeness (QED) is 0.344. The Bertz CT molecular complexity index is 1110. The number of rotatable bonds is 6. The van der Waals surface area contributed by atoms with Crippen molar-refractivity contribution in [3.8, 4) is 0 Å². The fourth-order valence-electron chi connectivity index (χ4n) is 2.15. The number of thioether (sulfide) groups is 1. The van der Waals surface area contributed by atoms with Crippen LogP contribution >= 0.6 is 23.1 Å². The molecule has 0 aliphatic carbocycles. The Morgan fingerprint density at radius 1 is 1.24 bits per heavy atom. The van der Waals surface area contributed by atoms with Gasteiger partial charge in [-0.3, -0.25) is 19.4 Å². The highest BCUT2D eigenvalue weighted by Crippen LogP contribution is 2.19. The molecule has 0 aliphatic rings. The molecule has 12 heteroatoms. The maximum atomic E-state index is 13.0. The van der Waals surface area contributed by atoms with Crippen molar-refractivity contribution in [1.82, 2.24) is 15.0 Å². The topological polar surface area (TPSA) is 143 Å². The summed E-state index contributed by atoms with van der Waals surface area (Å²) in [6.07, 6.45) is 0. The second kappa shape index (κ2) is 8.84. The molecular weight excluding hydrogens is 419 g/mol. The summed E-state index contributed by atoms with van der Waals surface area (Å²) < 4.78 is 13.0. The van der Waals surface area contributed by atoms with Gasteiger partial charge in [0, 0.05) is 10.9 Å². The van der Waals surface area contributed by atoms with Crippen LogP contribution in [0.25, 0.3) is 0 Å². The summed E-state index contributed by atoms with van der Waals surface area (Å²) in [5, 5.41) is 7.40. The maximum Gasteiger partial charge on any atom is 0.277 e. The summed E-state index contributed by atoms with van der Waals surface area (Å²) in [4.78, 5) is 47.0. The summed E-state index contributed by atoms with van der Waals surface area (Å²) >= 11 is 2.28. The minimum atomic E-state index is -0.675. The van der Waals surface area contributed by atoms with E-state index in [2.05, 4.69) is 25.6 Å². The van der Waals surface area contributed by atoms with Gasteiger partial charge in [-0.05, 0) is 31.2 Å². The Hall–Kier alpha value is -3.25. The van der Waals surface area contributed by atoms with Gasteiger partial charge in [0.25, 0.3) is 11.5 Å². The largest absolute Gasteiger partial charge is 0.382 e. The Morgan fingerprint density at radius 3 is 2.59 bits per heavy atom. The monoisotopic (exact) mass is 434 g/mol. The second-order valence-electron chi connectivity index (χ2n) is 5.72. The van der Waals surface area contributed by atoms with Gasteiger partial charge in [-0.25, -0.2) is 14.4 Å². The summed E-state index contributed by atoms with van der Waals surface area (Å²) in [5.74, 6) is -1.68. The molecule has 0 aliphatic heterocycles. The fraction of sp³-hybridized carbons (Fsp3) is 0.118. The predicted molar refractivity (Wildman–Crippen MR) is 110 cm³/mol. The number of nitrogens with two attached hydrogens (primary N) is 1. The molecule has 0 unspecified atom stereocenters. The van der Waals surface area contributed by atoms with Crippen LogP contribution in [0.15, 0.2) is 39.6 Å². The summed E-state index contributed by atoms with van der Waals surface area (Å²) in [5.41, 5.74) is 5.82. The van der Waals surface area contributed by atoms with Crippen molar-refractivity contribution >= 4 is 51.5 Å². The molecule has 0 radical (unpaired) electrons. The van der Waals surface area contributed by atoms with Gasteiger partial charge in [-0.1, -0.05) is 11.8 Å².